The number of amides is 1. The van der Waals surface area contributed by atoms with E-state index in [2.05, 4.69) is 11.7 Å². The SMILES string of the molecule is C=CCOc1ccc(/C(O)=C2\C(=O)C(=O)N(c3cc(C)on3)[C@@H]2c2ccc(C)cc2)cc1. The molecule has 2 aromatic carbocycles. The van der Waals surface area contributed by atoms with Crippen LogP contribution in [0.2, 0.25) is 0 Å². The van der Waals surface area contributed by atoms with Gasteiger partial charge in [0.05, 0.1) is 11.6 Å². The molecule has 1 saturated heterocycles. The van der Waals surface area contributed by atoms with Crippen molar-refractivity contribution in [3.8, 4) is 5.75 Å². The van der Waals surface area contributed by atoms with Gasteiger partial charge in [-0.15, -0.1) is 0 Å². The van der Waals surface area contributed by atoms with Gasteiger partial charge in [0, 0.05) is 11.6 Å². The summed E-state index contributed by atoms with van der Waals surface area (Å²) in [4.78, 5) is 27.3. The number of benzene rings is 2. The number of aryl methyl sites for hydroxylation is 2. The number of aliphatic hydroxyl groups excluding tert-OH is 1. The number of Topliss-reactive ketones (excluding diaryl/α,β-unsaturated/α-hetero) is 1. The van der Waals surface area contributed by atoms with Crippen molar-refractivity contribution in [3.63, 3.8) is 0 Å². The molecule has 1 fully saturated rings. The molecule has 162 valence electrons. The van der Waals surface area contributed by atoms with E-state index in [1.54, 1.807) is 43.3 Å². The normalized spacial score (nSPS) is 17.6. The number of ether oxygens (including phenoxy) is 1. The smallest absolute Gasteiger partial charge is 0.301 e. The minimum absolute atomic E-state index is 0.0146. The fourth-order valence-corrected chi connectivity index (χ4v) is 3.62. The summed E-state index contributed by atoms with van der Waals surface area (Å²) >= 11 is 0. The molecule has 1 aliphatic heterocycles. The summed E-state index contributed by atoms with van der Waals surface area (Å²) in [6.45, 7) is 7.60. The summed E-state index contributed by atoms with van der Waals surface area (Å²) in [5.41, 5.74) is 2.07. The lowest BCUT2D eigenvalue weighted by Crippen LogP contribution is -2.29. The molecule has 7 nitrogen and oxygen atoms in total. The molecule has 1 aromatic heterocycles. The van der Waals surface area contributed by atoms with Crippen LogP contribution in [-0.4, -0.2) is 28.6 Å². The van der Waals surface area contributed by atoms with Gasteiger partial charge in [-0.1, -0.05) is 47.6 Å². The fourth-order valence-electron chi connectivity index (χ4n) is 3.62. The number of aliphatic hydroxyl groups is 1. The first-order valence-electron chi connectivity index (χ1n) is 10.1. The van der Waals surface area contributed by atoms with Crippen molar-refractivity contribution in [2.75, 3.05) is 11.5 Å². The third-order valence-corrected chi connectivity index (χ3v) is 5.20. The van der Waals surface area contributed by atoms with Crippen LogP contribution in [-0.2, 0) is 9.59 Å². The Kier molecular flexibility index (Phi) is 5.64. The molecule has 3 aromatic rings. The van der Waals surface area contributed by atoms with Crippen molar-refractivity contribution in [2.45, 2.75) is 19.9 Å². The Morgan fingerprint density at radius 2 is 1.84 bits per heavy atom. The molecule has 1 atom stereocenters. The highest BCUT2D eigenvalue weighted by Crippen LogP contribution is 2.42. The average Bonchev–Trinajstić information content (AvgIpc) is 3.33. The van der Waals surface area contributed by atoms with Crippen LogP contribution in [0.25, 0.3) is 5.76 Å². The molecule has 32 heavy (non-hydrogen) atoms. The van der Waals surface area contributed by atoms with Crippen molar-refractivity contribution in [1.82, 2.24) is 5.16 Å². The summed E-state index contributed by atoms with van der Waals surface area (Å²) in [7, 11) is 0. The van der Waals surface area contributed by atoms with Crippen LogP contribution >= 0.6 is 0 Å². The Hall–Kier alpha value is -4.13. The van der Waals surface area contributed by atoms with Crippen molar-refractivity contribution < 1.29 is 24.0 Å². The zero-order valence-electron chi connectivity index (χ0n) is 17.7. The van der Waals surface area contributed by atoms with Crippen LogP contribution in [0.4, 0.5) is 5.82 Å². The van der Waals surface area contributed by atoms with E-state index in [-0.39, 0.29) is 17.2 Å². The lowest BCUT2D eigenvalue weighted by atomic mass is 9.94. The first-order chi connectivity index (χ1) is 15.4. The average molecular weight is 430 g/mol. The first kappa shape index (κ1) is 21.1. The number of rotatable bonds is 6. The number of nitrogens with zero attached hydrogens (tertiary/aromatic N) is 2. The zero-order chi connectivity index (χ0) is 22.8. The quantitative estimate of drug-likeness (QED) is 0.268. The monoisotopic (exact) mass is 430 g/mol. The van der Waals surface area contributed by atoms with Gasteiger partial charge >= 0.3 is 5.91 Å². The number of aromatic nitrogens is 1. The van der Waals surface area contributed by atoms with E-state index in [0.29, 0.717) is 29.2 Å². The molecule has 0 aliphatic carbocycles. The maximum Gasteiger partial charge on any atom is 0.301 e. The largest absolute Gasteiger partial charge is 0.507 e. The molecule has 0 spiro atoms. The van der Waals surface area contributed by atoms with E-state index in [1.807, 2.05) is 31.2 Å². The van der Waals surface area contributed by atoms with E-state index in [4.69, 9.17) is 9.26 Å². The second-order valence-corrected chi connectivity index (χ2v) is 7.50. The van der Waals surface area contributed by atoms with E-state index in [1.165, 1.54) is 4.90 Å². The molecule has 0 radical (unpaired) electrons. The Bertz CT molecular complexity index is 1210. The molecule has 0 saturated carbocycles. The second kappa shape index (κ2) is 8.55. The number of ketones is 1. The number of hydrogen-bond acceptors (Lipinski definition) is 6. The van der Waals surface area contributed by atoms with Crippen molar-refractivity contribution in [1.29, 1.82) is 0 Å². The van der Waals surface area contributed by atoms with Gasteiger partial charge in [0.15, 0.2) is 5.82 Å². The van der Waals surface area contributed by atoms with Crippen molar-refractivity contribution in [3.05, 3.63) is 95.3 Å². The number of anilines is 1. The molecule has 1 aliphatic rings. The predicted molar refractivity (Wildman–Crippen MR) is 119 cm³/mol. The van der Waals surface area contributed by atoms with Crippen LogP contribution in [0.3, 0.4) is 0 Å². The summed E-state index contributed by atoms with van der Waals surface area (Å²) < 4.78 is 10.6. The molecule has 7 heteroatoms. The van der Waals surface area contributed by atoms with Gasteiger partial charge < -0.3 is 14.4 Å². The van der Waals surface area contributed by atoms with Gasteiger partial charge in [0.2, 0.25) is 0 Å². The van der Waals surface area contributed by atoms with Crippen LogP contribution in [0.15, 0.2) is 77.3 Å². The second-order valence-electron chi connectivity index (χ2n) is 7.50. The molecular weight excluding hydrogens is 408 g/mol. The summed E-state index contributed by atoms with van der Waals surface area (Å²) in [5.74, 6) is -0.541. The molecule has 1 N–H and O–H groups in total. The Labute approximate surface area is 185 Å². The van der Waals surface area contributed by atoms with Crippen LogP contribution < -0.4 is 9.64 Å². The standard InChI is InChI=1S/C25H22N2O5/c1-4-13-31-19-11-9-18(10-12-19)23(28)21-22(17-7-5-15(2)6-8-17)27(25(30)24(21)29)20-14-16(3)32-26-20/h4-12,14,22,28H,1,13H2,2-3H3/b23-21+/t22-/m1/s1. The molecule has 4 rings (SSSR count). The van der Waals surface area contributed by atoms with E-state index in [9.17, 15) is 14.7 Å². The van der Waals surface area contributed by atoms with Gasteiger partial charge in [0.25, 0.3) is 5.78 Å². The lowest BCUT2D eigenvalue weighted by Gasteiger charge is -2.23. The molecule has 1 amide bonds. The first-order valence-corrected chi connectivity index (χ1v) is 10.1. The third-order valence-electron chi connectivity index (χ3n) is 5.20. The third kappa shape index (κ3) is 3.80. The number of carbonyl (C=O) groups excluding carboxylic acids is 2. The van der Waals surface area contributed by atoms with E-state index >= 15 is 0 Å². The Morgan fingerprint density at radius 3 is 2.44 bits per heavy atom. The number of hydrogen-bond donors (Lipinski definition) is 1. The molecule has 2 heterocycles. The van der Waals surface area contributed by atoms with Gasteiger partial charge in [-0.2, -0.15) is 0 Å². The highest BCUT2D eigenvalue weighted by atomic mass is 16.5. The van der Waals surface area contributed by atoms with Crippen LogP contribution in [0, 0.1) is 13.8 Å². The highest BCUT2D eigenvalue weighted by molar-refractivity contribution is 6.51. The summed E-state index contributed by atoms with van der Waals surface area (Å²) in [6, 6.07) is 14.8. The van der Waals surface area contributed by atoms with E-state index in [0.717, 1.165) is 5.56 Å². The zero-order valence-corrected chi connectivity index (χ0v) is 17.7. The van der Waals surface area contributed by atoms with Gasteiger partial charge in [-0.25, -0.2) is 0 Å². The van der Waals surface area contributed by atoms with Gasteiger partial charge in [-0.3, -0.25) is 14.5 Å². The minimum Gasteiger partial charge on any atom is -0.507 e. The van der Waals surface area contributed by atoms with Crippen LogP contribution in [0.1, 0.15) is 28.5 Å². The summed E-state index contributed by atoms with van der Waals surface area (Å²) in [5, 5.41) is 15.0. The Morgan fingerprint density at radius 1 is 1.16 bits per heavy atom. The minimum atomic E-state index is -0.850. The summed E-state index contributed by atoms with van der Waals surface area (Å²) in [6.07, 6.45) is 1.63. The van der Waals surface area contributed by atoms with Crippen molar-refractivity contribution >= 4 is 23.3 Å². The van der Waals surface area contributed by atoms with E-state index < -0.39 is 17.7 Å². The van der Waals surface area contributed by atoms with Gasteiger partial charge in [-0.05, 0) is 43.7 Å². The van der Waals surface area contributed by atoms with Gasteiger partial charge in [0.1, 0.15) is 23.9 Å². The van der Waals surface area contributed by atoms with Crippen molar-refractivity contribution in [2.24, 2.45) is 0 Å². The lowest BCUT2D eigenvalue weighted by molar-refractivity contribution is -0.132. The number of carbonyl (C=O) groups is 2. The highest BCUT2D eigenvalue weighted by Gasteiger charge is 2.48. The molecule has 0 unspecified atom stereocenters. The molecular formula is C25H22N2O5. The molecule has 0 bridgehead atoms. The predicted octanol–water partition coefficient (Wildman–Crippen LogP) is 4.48. The Balaban J connectivity index is 1.84. The fraction of sp³-hybridized carbons (Fsp3) is 0.160. The maximum absolute atomic E-state index is 13.1. The maximum atomic E-state index is 13.1. The van der Waals surface area contributed by atoms with Crippen LogP contribution in [0.5, 0.6) is 5.75 Å². The topological polar surface area (TPSA) is 92.9 Å².